The fourth-order valence-corrected chi connectivity index (χ4v) is 3.51. The molecule has 6 nitrogen and oxygen atoms in total. The highest BCUT2D eigenvalue weighted by molar-refractivity contribution is 9.10. The van der Waals surface area contributed by atoms with Crippen molar-refractivity contribution < 1.29 is 18.5 Å². The molecule has 1 aliphatic rings. The smallest absolute Gasteiger partial charge is 0.271 e. The largest absolute Gasteiger partial charge is 0.380 e. The van der Waals surface area contributed by atoms with Gasteiger partial charge in [0.15, 0.2) is 5.78 Å². The van der Waals surface area contributed by atoms with Crippen LogP contribution in [0.25, 0.3) is 11.3 Å². The normalized spacial score (nSPS) is 15.4. The third-order valence-corrected chi connectivity index (χ3v) is 5.32. The van der Waals surface area contributed by atoms with Crippen LogP contribution in [0.1, 0.15) is 16.1 Å². The first kappa shape index (κ1) is 20.0. The fourth-order valence-electron chi connectivity index (χ4n) is 3.25. The van der Waals surface area contributed by atoms with Gasteiger partial charge >= 0.3 is 0 Å². The summed E-state index contributed by atoms with van der Waals surface area (Å²) in [6.45, 7) is 1.98. The van der Waals surface area contributed by atoms with E-state index in [1.54, 1.807) is 13.0 Å². The fraction of sp³-hybridized carbons (Fsp3) is 0.136. The van der Waals surface area contributed by atoms with Gasteiger partial charge in [0.1, 0.15) is 17.3 Å². The van der Waals surface area contributed by atoms with Crippen LogP contribution in [0, 0.1) is 18.7 Å². The maximum Gasteiger partial charge on any atom is 0.271 e. The topological polar surface area (TPSA) is 84.2 Å². The van der Waals surface area contributed by atoms with Crippen molar-refractivity contribution in [3.63, 3.8) is 0 Å². The summed E-state index contributed by atoms with van der Waals surface area (Å²) < 4.78 is 19.2. The average Bonchev–Trinajstić information content (AvgIpc) is 3.37. The van der Waals surface area contributed by atoms with Gasteiger partial charge in [-0.25, -0.2) is 4.39 Å². The number of carbonyl (C=O) groups excluding carboxylic acids is 2. The Balaban J connectivity index is 1.54. The number of aromatic nitrogens is 1. The third kappa shape index (κ3) is 4.04. The van der Waals surface area contributed by atoms with Gasteiger partial charge in [-0.15, -0.1) is 0 Å². The maximum absolute atomic E-state index is 13.2. The van der Waals surface area contributed by atoms with Gasteiger partial charge in [0.2, 0.25) is 0 Å². The lowest BCUT2D eigenvalue weighted by Crippen LogP contribution is -2.24. The molecule has 2 N–H and O–H groups in total. The average molecular weight is 470 g/mol. The molecule has 0 saturated heterocycles. The van der Waals surface area contributed by atoms with Crippen LogP contribution in [0.3, 0.4) is 0 Å². The van der Waals surface area contributed by atoms with Crippen molar-refractivity contribution in [2.45, 2.75) is 6.92 Å². The van der Waals surface area contributed by atoms with Gasteiger partial charge in [0.05, 0.1) is 17.2 Å². The lowest BCUT2D eigenvalue weighted by Gasteiger charge is -2.07. The molecule has 30 heavy (non-hydrogen) atoms. The molecule has 0 saturated carbocycles. The Bertz CT molecular complexity index is 1140. The van der Waals surface area contributed by atoms with E-state index < -0.39 is 11.8 Å². The Morgan fingerprint density at radius 3 is 2.57 bits per heavy atom. The van der Waals surface area contributed by atoms with E-state index in [2.05, 4.69) is 31.7 Å². The zero-order valence-electron chi connectivity index (χ0n) is 15.9. The molecule has 3 aromatic rings. The van der Waals surface area contributed by atoms with Gasteiger partial charge in [-0.3, -0.25) is 9.59 Å². The number of ketones is 1. The molecule has 8 heteroatoms. The number of aryl methyl sites for hydroxylation is 1. The van der Waals surface area contributed by atoms with E-state index in [0.29, 0.717) is 22.7 Å². The molecule has 1 aliphatic heterocycles. The van der Waals surface area contributed by atoms with Crippen molar-refractivity contribution in [1.82, 2.24) is 10.5 Å². The minimum Gasteiger partial charge on any atom is -0.380 e. The zero-order valence-corrected chi connectivity index (χ0v) is 17.5. The van der Waals surface area contributed by atoms with Crippen LogP contribution in [0.4, 0.5) is 10.1 Å². The Morgan fingerprint density at radius 1 is 1.17 bits per heavy atom. The third-order valence-electron chi connectivity index (χ3n) is 4.79. The second-order valence-electron chi connectivity index (χ2n) is 6.86. The molecule has 2 heterocycles. The summed E-state index contributed by atoms with van der Waals surface area (Å²) in [6.07, 6.45) is 1.60. The van der Waals surface area contributed by atoms with Crippen molar-refractivity contribution in [2.75, 3.05) is 11.9 Å². The van der Waals surface area contributed by atoms with E-state index in [9.17, 15) is 14.0 Å². The van der Waals surface area contributed by atoms with Crippen molar-refractivity contribution in [3.05, 3.63) is 81.9 Å². The quantitative estimate of drug-likeness (QED) is 0.538. The zero-order chi connectivity index (χ0) is 21.3. The van der Waals surface area contributed by atoms with E-state index in [1.807, 2.05) is 24.3 Å². The Kier molecular flexibility index (Phi) is 5.50. The molecule has 152 valence electrons. The molecule has 1 aromatic heterocycles. The van der Waals surface area contributed by atoms with Crippen molar-refractivity contribution in [1.29, 1.82) is 0 Å². The second-order valence-corrected chi connectivity index (χ2v) is 7.78. The van der Waals surface area contributed by atoms with Crippen molar-refractivity contribution >= 4 is 33.3 Å². The summed E-state index contributed by atoms with van der Waals surface area (Å²) >= 11 is 3.39. The standard InChI is InChI=1S/C22H17BrFN3O3/c1-12-19(20(27-30-12)13-2-4-15(23)5-3-13)21(28)14-10-18(25-11-14)22(29)26-17-8-6-16(24)7-9-17/h2-10,14,25H,11H2,1H3,(H,26,29). The molecular weight excluding hydrogens is 453 g/mol. The maximum atomic E-state index is 13.2. The van der Waals surface area contributed by atoms with Crippen LogP contribution in [-0.4, -0.2) is 23.4 Å². The summed E-state index contributed by atoms with van der Waals surface area (Å²) in [6, 6.07) is 12.9. The number of anilines is 1. The van der Waals surface area contributed by atoms with Gasteiger partial charge in [-0.05, 0) is 49.4 Å². The van der Waals surface area contributed by atoms with Crippen LogP contribution < -0.4 is 10.6 Å². The molecule has 4 rings (SSSR count). The van der Waals surface area contributed by atoms with E-state index in [0.717, 1.165) is 10.0 Å². The molecule has 0 bridgehead atoms. The SMILES string of the molecule is Cc1onc(-c2ccc(Br)cc2)c1C(=O)C1C=C(C(=O)Nc2ccc(F)cc2)NC1. The number of hydrogen-bond acceptors (Lipinski definition) is 5. The number of Topliss-reactive ketones (excluding diaryl/α,β-unsaturated/α-hetero) is 1. The number of hydrogen-bond donors (Lipinski definition) is 2. The Labute approximate surface area is 180 Å². The number of benzene rings is 2. The van der Waals surface area contributed by atoms with Crippen LogP contribution in [0.2, 0.25) is 0 Å². The minimum atomic E-state index is -0.536. The van der Waals surface area contributed by atoms with E-state index >= 15 is 0 Å². The van der Waals surface area contributed by atoms with Crippen LogP contribution in [-0.2, 0) is 4.79 Å². The van der Waals surface area contributed by atoms with Gasteiger partial charge in [0.25, 0.3) is 5.91 Å². The van der Waals surface area contributed by atoms with Crippen LogP contribution in [0.15, 0.2) is 69.3 Å². The highest BCUT2D eigenvalue weighted by Crippen LogP contribution is 2.30. The summed E-state index contributed by atoms with van der Waals surface area (Å²) in [5.74, 6) is -1.07. The van der Waals surface area contributed by atoms with Crippen molar-refractivity contribution in [2.24, 2.45) is 5.92 Å². The van der Waals surface area contributed by atoms with Gasteiger partial charge in [-0.2, -0.15) is 0 Å². The monoisotopic (exact) mass is 469 g/mol. The van der Waals surface area contributed by atoms with Crippen LogP contribution in [0.5, 0.6) is 0 Å². The summed E-state index contributed by atoms with van der Waals surface area (Å²) in [5.41, 5.74) is 2.40. The predicted molar refractivity (Wildman–Crippen MR) is 113 cm³/mol. The van der Waals surface area contributed by atoms with Crippen molar-refractivity contribution in [3.8, 4) is 11.3 Å². The van der Waals surface area contributed by atoms with Gasteiger partial charge < -0.3 is 15.2 Å². The molecule has 0 spiro atoms. The molecule has 0 fully saturated rings. The lowest BCUT2D eigenvalue weighted by atomic mass is 9.94. The molecule has 2 aromatic carbocycles. The number of carbonyl (C=O) groups is 2. The number of nitrogens with one attached hydrogen (secondary N) is 2. The molecular formula is C22H17BrFN3O3. The first-order chi connectivity index (χ1) is 14.4. The molecule has 0 radical (unpaired) electrons. The number of halogens is 2. The Hall–Kier alpha value is -3.26. The number of amides is 1. The van der Waals surface area contributed by atoms with Gasteiger partial charge in [-0.1, -0.05) is 33.2 Å². The highest BCUT2D eigenvalue weighted by Gasteiger charge is 2.31. The summed E-state index contributed by atoms with van der Waals surface area (Å²) in [4.78, 5) is 25.6. The van der Waals surface area contributed by atoms with E-state index in [4.69, 9.17) is 4.52 Å². The van der Waals surface area contributed by atoms with Crippen LogP contribution >= 0.6 is 15.9 Å². The van der Waals surface area contributed by atoms with Gasteiger partial charge in [0, 0.05) is 22.3 Å². The summed E-state index contributed by atoms with van der Waals surface area (Å²) in [7, 11) is 0. The number of nitrogens with zero attached hydrogens (tertiary/aromatic N) is 1. The molecule has 1 atom stereocenters. The molecule has 1 unspecified atom stereocenters. The molecule has 1 amide bonds. The minimum absolute atomic E-state index is 0.177. The Morgan fingerprint density at radius 2 is 1.87 bits per heavy atom. The second kappa shape index (κ2) is 8.23. The molecule has 0 aliphatic carbocycles. The predicted octanol–water partition coefficient (Wildman–Crippen LogP) is 4.48. The number of rotatable bonds is 5. The first-order valence-electron chi connectivity index (χ1n) is 9.21. The lowest BCUT2D eigenvalue weighted by molar-refractivity contribution is -0.113. The van der Waals surface area contributed by atoms with E-state index in [1.165, 1.54) is 24.3 Å². The summed E-state index contributed by atoms with van der Waals surface area (Å²) in [5, 5.41) is 9.70. The highest BCUT2D eigenvalue weighted by atomic mass is 79.9. The van der Waals surface area contributed by atoms with E-state index in [-0.39, 0.29) is 23.8 Å². The first-order valence-corrected chi connectivity index (χ1v) is 10.0.